The third kappa shape index (κ3) is 7.44. The molecule has 0 spiro atoms. The standard InChI is InChI=1S/C27H21BrF3N3O3/c1-16-5-3-8-23(17(16)2)34-25(35)15-37-24-10-9-18(12-22(24)28)11-19(14-32)26(36)33-21-7-4-6-20(13-21)27(29,30)31/h3-13H,15H2,1-2H3,(H,33,36)(H,34,35)/b19-11+. The second-order valence-electron chi connectivity index (χ2n) is 7.98. The summed E-state index contributed by atoms with van der Waals surface area (Å²) in [4.78, 5) is 24.8. The van der Waals surface area contributed by atoms with E-state index in [1.807, 2.05) is 26.0 Å². The predicted octanol–water partition coefficient (Wildman–Crippen LogP) is 6.65. The maximum absolute atomic E-state index is 12.9. The molecule has 0 aliphatic rings. The number of hydrogen-bond donors (Lipinski definition) is 2. The van der Waals surface area contributed by atoms with Crippen LogP contribution in [0, 0.1) is 25.2 Å². The molecular weight excluding hydrogens is 551 g/mol. The lowest BCUT2D eigenvalue weighted by Crippen LogP contribution is -2.20. The molecule has 37 heavy (non-hydrogen) atoms. The smallest absolute Gasteiger partial charge is 0.416 e. The number of halogens is 4. The van der Waals surface area contributed by atoms with Crippen LogP contribution in [0.15, 0.2) is 70.7 Å². The van der Waals surface area contributed by atoms with Crippen molar-refractivity contribution in [2.75, 3.05) is 17.2 Å². The second kappa shape index (κ2) is 11.8. The minimum Gasteiger partial charge on any atom is -0.483 e. The molecular formula is C27H21BrF3N3O3. The van der Waals surface area contributed by atoms with E-state index >= 15 is 0 Å². The molecule has 3 aromatic carbocycles. The van der Waals surface area contributed by atoms with Crippen LogP contribution < -0.4 is 15.4 Å². The van der Waals surface area contributed by atoms with Gasteiger partial charge in [0, 0.05) is 11.4 Å². The van der Waals surface area contributed by atoms with Gasteiger partial charge in [0.25, 0.3) is 11.8 Å². The van der Waals surface area contributed by atoms with Gasteiger partial charge in [-0.25, -0.2) is 0 Å². The molecule has 0 aliphatic carbocycles. The van der Waals surface area contributed by atoms with E-state index < -0.39 is 17.6 Å². The van der Waals surface area contributed by atoms with Crippen LogP contribution in [0.3, 0.4) is 0 Å². The molecule has 2 N–H and O–H groups in total. The van der Waals surface area contributed by atoms with Crippen molar-refractivity contribution >= 4 is 45.2 Å². The van der Waals surface area contributed by atoms with Gasteiger partial charge in [0.15, 0.2) is 6.61 Å². The van der Waals surface area contributed by atoms with Crippen molar-refractivity contribution in [3.63, 3.8) is 0 Å². The highest BCUT2D eigenvalue weighted by Gasteiger charge is 2.30. The zero-order valence-electron chi connectivity index (χ0n) is 19.7. The largest absolute Gasteiger partial charge is 0.483 e. The van der Waals surface area contributed by atoms with Gasteiger partial charge in [0.05, 0.1) is 10.0 Å². The number of nitriles is 1. The summed E-state index contributed by atoms with van der Waals surface area (Å²) in [6.45, 7) is 3.61. The number of carbonyl (C=O) groups is 2. The molecule has 0 saturated heterocycles. The van der Waals surface area contributed by atoms with Crippen LogP contribution in [-0.2, 0) is 15.8 Å². The second-order valence-corrected chi connectivity index (χ2v) is 8.83. The molecule has 3 aromatic rings. The molecule has 0 bridgehead atoms. The summed E-state index contributed by atoms with van der Waals surface area (Å²) in [6.07, 6.45) is -3.28. The molecule has 0 radical (unpaired) electrons. The highest BCUT2D eigenvalue weighted by Crippen LogP contribution is 2.31. The molecule has 0 fully saturated rings. The van der Waals surface area contributed by atoms with Gasteiger partial charge in [-0.05, 0) is 88.9 Å². The van der Waals surface area contributed by atoms with Gasteiger partial charge >= 0.3 is 6.18 Å². The van der Waals surface area contributed by atoms with Crippen molar-refractivity contribution < 1.29 is 27.5 Å². The van der Waals surface area contributed by atoms with Crippen molar-refractivity contribution in [2.24, 2.45) is 0 Å². The normalized spacial score (nSPS) is 11.4. The van der Waals surface area contributed by atoms with E-state index in [2.05, 4.69) is 26.6 Å². The SMILES string of the molecule is Cc1cccc(NC(=O)COc2ccc(/C=C(\C#N)C(=O)Nc3cccc(C(F)(F)F)c3)cc2Br)c1C. The van der Waals surface area contributed by atoms with Crippen LogP contribution in [0.25, 0.3) is 6.08 Å². The maximum Gasteiger partial charge on any atom is 0.416 e. The third-order valence-corrected chi connectivity index (χ3v) is 5.94. The number of benzene rings is 3. The Morgan fingerprint density at radius 3 is 2.46 bits per heavy atom. The van der Waals surface area contributed by atoms with Crippen LogP contribution in [0.1, 0.15) is 22.3 Å². The Kier molecular flexibility index (Phi) is 8.73. The summed E-state index contributed by atoms with van der Waals surface area (Å²) >= 11 is 3.34. The molecule has 0 heterocycles. The number of ether oxygens (including phenoxy) is 1. The molecule has 0 aliphatic heterocycles. The molecule has 0 saturated carbocycles. The van der Waals surface area contributed by atoms with E-state index in [1.54, 1.807) is 30.3 Å². The van der Waals surface area contributed by atoms with Gasteiger partial charge in [-0.2, -0.15) is 18.4 Å². The van der Waals surface area contributed by atoms with Crippen molar-refractivity contribution in [3.05, 3.63) is 93.0 Å². The molecule has 2 amide bonds. The number of nitrogens with one attached hydrogen (secondary N) is 2. The highest BCUT2D eigenvalue weighted by atomic mass is 79.9. The zero-order chi connectivity index (χ0) is 27.2. The Balaban J connectivity index is 1.66. The Labute approximate surface area is 219 Å². The average molecular weight is 572 g/mol. The molecule has 3 rings (SSSR count). The molecule has 6 nitrogen and oxygen atoms in total. The van der Waals surface area contributed by atoms with Crippen molar-refractivity contribution in [2.45, 2.75) is 20.0 Å². The number of amides is 2. The predicted molar refractivity (Wildman–Crippen MR) is 138 cm³/mol. The van der Waals surface area contributed by atoms with E-state index in [0.717, 1.165) is 29.3 Å². The van der Waals surface area contributed by atoms with Gasteiger partial charge in [-0.1, -0.05) is 24.3 Å². The van der Waals surface area contributed by atoms with Gasteiger partial charge in [0.1, 0.15) is 17.4 Å². The highest BCUT2D eigenvalue weighted by molar-refractivity contribution is 9.10. The average Bonchev–Trinajstić information content (AvgIpc) is 2.84. The number of alkyl halides is 3. The molecule has 10 heteroatoms. The Hall–Kier alpha value is -4.10. The van der Waals surface area contributed by atoms with Gasteiger partial charge in [-0.15, -0.1) is 0 Å². The van der Waals surface area contributed by atoms with Crippen molar-refractivity contribution in [1.82, 2.24) is 0 Å². The molecule has 0 aromatic heterocycles. The van der Waals surface area contributed by atoms with E-state index in [1.165, 1.54) is 12.1 Å². The summed E-state index contributed by atoms with van der Waals surface area (Å²) in [5, 5.41) is 14.5. The summed E-state index contributed by atoms with van der Waals surface area (Å²) < 4.78 is 44.8. The van der Waals surface area contributed by atoms with Crippen LogP contribution in [0.2, 0.25) is 0 Å². The molecule has 190 valence electrons. The minimum absolute atomic E-state index is 0.0926. The summed E-state index contributed by atoms with van der Waals surface area (Å²) in [6, 6.07) is 16.2. The first-order valence-corrected chi connectivity index (χ1v) is 11.7. The molecule has 0 atom stereocenters. The number of nitrogens with zero attached hydrogens (tertiary/aromatic N) is 1. The lowest BCUT2D eigenvalue weighted by atomic mass is 10.1. The number of rotatable bonds is 7. The van der Waals surface area contributed by atoms with E-state index in [-0.39, 0.29) is 23.8 Å². The lowest BCUT2D eigenvalue weighted by Gasteiger charge is -2.12. The lowest BCUT2D eigenvalue weighted by molar-refractivity contribution is -0.137. The number of anilines is 2. The number of hydrogen-bond acceptors (Lipinski definition) is 4. The zero-order valence-corrected chi connectivity index (χ0v) is 21.3. The first-order chi connectivity index (χ1) is 17.5. The van der Waals surface area contributed by atoms with Crippen LogP contribution in [0.4, 0.5) is 24.5 Å². The fourth-order valence-corrected chi connectivity index (χ4v) is 3.74. The van der Waals surface area contributed by atoms with Crippen LogP contribution in [0.5, 0.6) is 5.75 Å². The van der Waals surface area contributed by atoms with Gasteiger partial charge in [0.2, 0.25) is 0 Å². The van der Waals surface area contributed by atoms with E-state index in [4.69, 9.17) is 4.74 Å². The summed E-state index contributed by atoms with van der Waals surface area (Å²) in [7, 11) is 0. The third-order valence-electron chi connectivity index (χ3n) is 5.32. The first kappa shape index (κ1) is 27.5. The monoisotopic (exact) mass is 571 g/mol. The fourth-order valence-electron chi connectivity index (χ4n) is 3.23. The maximum atomic E-state index is 12.9. The molecule has 0 unspecified atom stereocenters. The minimum atomic E-state index is -4.56. The van der Waals surface area contributed by atoms with Gasteiger partial charge in [-0.3, -0.25) is 9.59 Å². The Morgan fingerprint density at radius 1 is 1.05 bits per heavy atom. The Bertz CT molecular complexity index is 1410. The number of carbonyl (C=O) groups excluding carboxylic acids is 2. The Morgan fingerprint density at radius 2 is 1.78 bits per heavy atom. The van der Waals surface area contributed by atoms with Crippen LogP contribution >= 0.6 is 15.9 Å². The van der Waals surface area contributed by atoms with Crippen LogP contribution in [-0.4, -0.2) is 18.4 Å². The quantitative estimate of drug-likeness (QED) is 0.245. The van der Waals surface area contributed by atoms with E-state index in [0.29, 0.717) is 21.5 Å². The van der Waals surface area contributed by atoms with Gasteiger partial charge < -0.3 is 15.4 Å². The number of aryl methyl sites for hydroxylation is 1. The topological polar surface area (TPSA) is 91.2 Å². The van der Waals surface area contributed by atoms with E-state index in [9.17, 15) is 28.0 Å². The summed E-state index contributed by atoms with van der Waals surface area (Å²) in [5.41, 5.74) is 1.82. The van der Waals surface area contributed by atoms with Crippen molar-refractivity contribution in [3.8, 4) is 11.8 Å². The summed E-state index contributed by atoms with van der Waals surface area (Å²) in [5.74, 6) is -0.843. The first-order valence-electron chi connectivity index (χ1n) is 10.9. The van der Waals surface area contributed by atoms with Crippen molar-refractivity contribution in [1.29, 1.82) is 5.26 Å². The fraction of sp³-hybridized carbons (Fsp3) is 0.148.